The van der Waals surface area contributed by atoms with E-state index in [1.54, 1.807) is 0 Å². The van der Waals surface area contributed by atoms with Crippen LogP contribution in [-0.4, -0.2) is 69.3 Å². The summed E-state index contributed by atoms with van der Waals surface area (Å²) in [5.41, 5.74) is 2.07. The van der Waals surface area contributed by atoms with E-state index < -0.39 is 29.6 Å². The number of ether oxygens (including phenoxy) is 3. The predicted molar refractivity (Wildman–Crippen MR) is 160 cm³/mol. The van der Waals surface area contributed by atoms with Gasteiger partial charge in [0.15, 0.2) is 19.3 Å². The molecular weight excluding hydrogens is 558 g/mol. The number of rotatable bonds is 9. The first-order valence-corrected chi connectivity index (χ1v) is 22.1. The summed E-state index contributed by atoms with van der Waals surface area (Å²) in [7, 11) is -4.07. The molecule has 4 heterocycles. The van der Waals surface area contributed by atoms with Crippen molar-refractivity contribution < 1.29 is 23.0 Å². The van der Waals surface area contributed by atoms with E-state index in [2.05, 4.69) is 58.5 Å². The Morgan fingerprint density at radius 1 is 1.24 bits per heavy atom. The van der Waals surface area contributed by atoms with Crippen molar-refractivity contribution in [2.45, 2.75) is 102 Å². The highest BCUT2D eigenvalue weighted by molar-refractivity contribution is 7.48. The van der Waals surface area contributed by atoms with E-state index >= 15 is 0 Å². The zero-order valence-corrected chi connectivity index (χ0v) is 27.9. The van der Waals surface area contributed by atoms with Crippen molar-refractivity contribution in [2.75, 3.05) is 19.4 Å². The van der Waals surface area contributed by atoms with Crippen LogP contribution in [0.5, 0.6) is 5.88 Å². The predicted octanol–water partition coefficient (Wildman–Crippen LogP) is 7.44. The summed E-state index contributed by atoms with van der Waals surface area (Å²) in [6, 6.07) is 2.45. The van der Waals surface area contributed by atoms with E-state index in [-0.39, 0.29) is 40.9 Å². The van der Waals surface area contributed by atoms with Crippen molar-refractivity contribution in [1.82, 2.24) is 9.55 Å². The average Bonchev–Trinajstić information content (AvgIpc) is 3.40. The summed E-state index contributed by atoms with van der Waals surface area (Å²) in [4.78, 5) is 4.33. The molecule has 38 heavy (non-hydrogen) atoms. The summed E-state index contributed by atoms with van der Waals surface area (Å²) in [6.07, 6.45) is 7.22. The molecule has 2 saturated heterocycles. The van der Waals surface area contributed by atoms with Gasteiger partial charge in [0.25, 0.3) is 0 Å². The minimum absolute atomic E-state index is 0.0166. The normalized spacial score (nSPS) is 25.4. The van der Waals surface area contributed by atoms with Crippen LogP contribution in [-0.2, 0) is 20.6 Å². The van der Waals surface area contributed by atoms with Crippen LogP contribution in [0.2, 0.25) is 49.0 Å². The molecule has 4 rings (SSSR count). The first-order chi connectivity index (χ1) is 17.5. The summed E-state index contributed by atoms with van der Waals surface area (Å²) < 4.78 is 42.2. The number of fused-ring (bicyclic) bond motifs is 2. The van der Waals surface area contributed by atoms with E-state index in [9.17, 15) is 4.39 Å². The zero-order valence-electron chi connectivity index (χ0n) is 24.2. The quantitative estimate of drug-likeness (QED) is 0.130. The van der Waals surface area contributed by atoms with Gasteiger partial charge >= 0.3 is 0 Å². The minimum Gasteiger partial charge on any atom is -0.472 e. The monoisotopic (exact) mass is 600 g/mol. The second kappa shape index (κ2) is 10.8. The van der Waals surface area contributed by atoms with Gasteiger partial charge in [-0.15, -0.1) is 6.13 Å². The molecule has 0 bridgehead atoms. The molecule has 6 nitrogen and oxygen atoms in total. The van der Waals surface area contributed by atoms with Gasteiger partial charge < -0.3 is 18.6 Å². The van der Waals surface area contributed by atoms with Gasteiger partial charge in [0.1, 0.15) is 12.8 Å². The van der Waals surface area contributed by atoms with E-state index in [0.717, 1.165) is 17.8 Å². The Morgan fingerprint density at radius 2 is 1.92 bits per heavy atom. The third-order valence-corrected chi connectivity index (χ3v) is 16.8. The molecule has 0 amide bonds. The Hall–Kier alpha value is -0.896. The number of aromatic nitrogens is 2. The number of nitrogens with zero attached hydrogens (tertiary/aromatic N) is 2. The van der Waals surface area contributed by atoms with Crippen LogP contribution in [0.15, 0.2) is 6.07 Å². The maximum absolute atomic E-state index is 14.5. The Kier molecular flexibility index (Phi) is 8.57. The maximum atomic E-state index is 14.5. The first kappa shape index (κ1) is 30.1. The fourth-order valence-electron chi connectivity index (χ4n) is 4.85. The van der Waals surface area contributed by atoms with Crippen molar-refractivity contribution in [3.8, 4) is 12.0 Å². The Balaban J connectivity index is 1.59. The van der Waals surface area contributed by atoms with Crippen LogP contribution in [0.4, 0.5) is 4.39 Å². The average molecular weight is 601 g/mol. The number of pyridine rings is 1. The standard InChI is InChI=1S/C27H43ClFN2O4PSi2/c1-17-22-19(13-18(29)25(28)30-22)31(16-32-11-12-37(6,7)8)26(17)34-20-14-33-23-21(15-36(5)24(20)23)35-38(9,10)27(2,3)4/h5,13,20-21,23-24H,11-12,14-16H2,1-4,6-10H3/t20-,21-,23-,24?/m1/s1. The second-order valence-corrected chi connectivity index (χ2v) is 26.1. The Morgan fingerprint density at radius 3 is 2.55 bits per heavy atom. The minimum atomic E-state index is -1.98. The molecule has 2 fully saturated rings. The molecule has 2 aromatic heterocycles. The van der Waals surface area contributed by atoms with Gasteiger partial charge in [-0.2, -0.15) is 0 Å². The molecule has 2 aliphatic rings. The maximum Gasteiger partial charge on any atom is 0.201 e. The summed E-state index contributed by atoms with van der Waals surface area (Å²) in [5.74, 6) is 0.0382. The summed E-state index contributed by atoms with van der Waals surface area (Å²) in [5, 5.41) is -0.0475. The fraction of sp³-hybridized carbons (Fsp3) is 0.704. The SMILES string of the molecule is C#P1C[C@@H](O[Si](C)(C)C(C)(C)C)[C@H]2OC[C@@H](Oc3c(C)c4nc(Cl)c(F)cc4n3COCC[Si](C)(C)C)C21. The van der Waals surface area contributed by atoms with Crippen molar-refractivity contribution in [2.24, 2.45) is 0 Å². The number of aryl methyl sites for hydroxylation is 1. The van der Waals surface area contributed by atoms with Gasteiger partial charge in [0.05, 0.1) is 35.5 Å². The first-order valence-electron chi connectivity index (χ1n) is 13.4. The molecule has 2 aromatic rings. The highest BCUT2D eigenvalue weighted by Gasteiger charge is 2.53. The molecular formula is C27H43ClFN2O4PSi2. The Labute approximate surface area is 234 Å². The molecule has 0 aliphatic carbocycles. The van der Waals surface area contributed by atoms with E-state index in [1.165, 1.54) is 6.07 Å². The molecule has 2 aliphatic heterocycles. The molecule has 0 saturated carbocycles. The lowest BCUT2D eigenvalue weighted by Crippen LogP contribution is -2.47. The van der Waals surface area contributed by atoms with Gasteiger partial charge in [0, 0.05) is 32.5 Å². The van der Waals surface area contributed by atoms with E-state index in [0.29, 0.717) is 30.1 Å². The molecule has 0 radical (unpaired) electrons. The van der Waals surface area contributed by atoms with E-state index in [1.807, 2.05) is 11.5 Å². The van der Waals surface area contributed by atoms with Crippen molar-refractivity contribution >= 4 is 46.4 Å². The topological polar surface area (TPSA) is 54.7 Å². The highest BCUT2D eigenvalue weighted by atomic mass is 35.5. The van der Waals surface area contributed by atoms with Crippen molar-refractivity contribution in [3.05, 3.63) is 22.6 Å². The number of halogens is 2. The second-order valence-electron chi connectivity index (χ2n) is 13.4. The lowest BCUT2D eigenvalue weighted by molar-refractivity contribution is 0.0199. The van der Waals surface area contributed by atoms with Gasteiger partial charge in [-0.1, -0.05) is 59.4 Å². The molecule has 212 valence electrons. The lowest BCUT2D eigenvalue weighted by Gasteiger charge is -2.39. The van der Waals surface area contributed by atoms with Crippen LogP contribution >= 0.6 is 19.0 Å². The van der Waals surface area contributed by atoms with Crippen molar-refractivity contribution in [1.29, 1.82) is 0 Å². The largest absolute Gasteiger partial charge is 0.472 e. The van der Waals surface area contributed by atoms with Crippen molar-refractivity contribution in [3.63, 3.8) is 0 Å². The molecule has 2 unspecified atom stereocenters. The number of hydrogen-bond donors (Lipinski definition) is 0. The van der Waals surface area contributed by atoms with Gasteiger partial charge in [-0.25, -0.2) is 9.37 Å². The summed E-state index contributed by atoms with van der Waals surface area (Å²) >= 11 is 6.05. The third-order valence-electron chi connectivity index (χ3n) is 8.17. The third kappa shape index (κ3) is 6.06. The molecule has 0 N–H and O–H groups in total. The Bertz CT molecular complexity index is 1260. The van der Waals surface area contributed by atoms with Gasteiger partial charge in [-0.3, -0.25) is 4.57 Å². The van der Waals surface area contributed by atoms with E-state index in [4.69, 9.17) is 36.4 Å². The number of hydrogen-bond acceptors (Lipinski definition) is 5. The summed E-state index contributed by atoms with van der Waals surface area (Å²) in [6.45, 7) is 21.4. The zero-order chi connectivity index (χ0) is 28.2. The van der Waals surface area contributed by atoms with Crippen LogP contribution in [0.3, 0.4) is 0 Å². The van der Waals surface area contributed by atoms with Gasteiger partial charge in [0.2, 0.25) is 5.88 Å². The fourth-order valence-corrected chi connectivity index (χ4v) is 9.39. The van der Waals surface area contributed by atoms with Crippen LogP contribution in [0.25, 0.3) is 11.0 Å². The smallest absolute Gasteiger partial charge is 0.201 e. The lowest BCUT2D eigenvalue weighted by atomic mass is 10.1. The highest BCUT2D eigenvalue weighted by Crippen LogP contribution is 2.49. The van der Waals surface area contributed by atoms with Gasteiger partial charge in [-0.05, 0) is 31.1 Å². The van der Waals surface area contributed by atoms with Crippen LogP contribution < -0.4 is 4.74 Å². The molecule has 0 spiro atoms. The molecule has 0 aromatic carbocycles. The van der Waals surface area contributed by atoms with Crippen LogP contribution in [0, 0.1) is 18.9 Å². The molecule has 5 atom stereocenters. The molecule has 11 heteroatoms. The van der Waals surface area contributed by atoms with Crippen LogP contribution in [0.1, 0.15) is 26.3 Å².